The molecule has 1 amide bonds. The molecule has 0 spiro atoms. The van der Waals surface area contributed by atoms with Crippen LogP contribution in [0.5, 0.6) is 5.75 Å². The number of amides is 1. The van der Waals surface area contributed by atoms with E-state index < -0.39 is 0 Å². The van der Waals surface area contributed by atoms with E-state index in [1.807, 2.05) is 24.3 Å². The van der Waals surface area contributed by atoms with Crippen LogP contribution in [-0.4, -0.2) is 24.3 Å². The minimum Gasteiger partial charge on any atom is -0.619 e. The average molecular weight is 429 g/mol. The molecule has 1 atom stereocenters. The van der Waals surface area contributed by atoms with Gasteiger partial charge in [0.05, 0.1) is 22.0 Å². The molecule has 4 rings (SSSR count). The number of halogens is 1. The number of carbonyl (C=O) groups excluding carboxylic acids is 2. The molecule has 0 fully saturated rings. The Balaban J connectivity index is 1.45. The zero-order valence-corrected chi connectivity index (χ0v) is 17.0. The summed E-state index contributed by atoms with van der Waals surface area (Å²) in [6, 6.07) is 10.5. The standard InChI is InChI=1S/C21H17ClN2O4S/c1-12(25)18-2-3-19(29-18)14-8-15-9-16(28-20(15)17(22)10-14)11-23-21(26)13-4-6-24(27)7-5-13/h2-8,10,16H,9,11H2,1H3,(H,23,26)/t16-/m0/s1. The van der Waals surface area contributed by atoms with Crippen molar-refractivity contribution in [3.8, 4) is 16.2 Å². The maximum atomic E-state index is 12.2. The Morgan fingerprint density at radius 3 is 2.72 bits per heavy atom. The highest BCUT2D eigenvalue weighted by Gasteiger charge is 2.27. The fourth-order valence-electron chi connectivity index (χ4n) is 3.20. The second-order valence-corrected chi connectivity index (χ2v) is 8.26. The van der Waals surface area contributed by atoms with E-state index in [2.05, 4.69) is 5.32 Å². The summed E-state index contributed by atoms with van der Waals surface area (Å²) in [6.45, 7) is 1.87. The first-order valence-electron chi connectivity index (χ1n) is 8.98. The molecule has 0 aliphatic carbocycles. The summed E-state index contributed by atoms with van der Waals surface area (Å²) in [5, 5.41) is 14.4. The lowest BCUT2D eigenvalue weighted by Crippen LogP contribution is -2.35. The van der Waals surface area contributed by atoms with Crippen LogP contribution in [0.15, 0.2) is 48.8 Å². The van der Waals surface area contributed by atoms with Crippen molar-refractivity contribution < 1.29 is 19.1 Å². The largest absolute Gasteiger partial charge is 0.619 e. The van der Waals surface area contributed by atoms with Gasteiger partial charge >= 0.3 is 0 Å². The maximum absolute atomic E-state index is 12.2. The second-order valence-electron chi connectivity index (χ2n) is 6.77. The van der Waals surface area contributed by atoms with Gasteiger partial charge in [-0.05, 0) is 36.8 Å². The van der Waals surface area contributed by atoms with Crippen molar-refractivity contribution in [3.05, 3.63) is 75.0 Å². The van der Waals surface area contributed by atoms with Crippen LogP contribution in [0.3, 0.4) is 0 Å². The first kappa shape index (κ1) is 19.4. The van der Waals surface area contributed by atoms with E-state index in [1.165, 1.54) is 35.9 Å². The zero-order valence-electron chi connectivity index (χ0n) is 15.5. The van der Waals surface area contributed by atoms with Crippen LogP contribution in [0.25, 0.3) is 10.4 Å². The molecule has 3 aromatic rings. The van der Waals surface area contributed by atoms with E-state index in [0.717, 1.165) is 16.0 Å². The van der Waals surface area contributed by atoms with Crippen molar-refractivity contribution in [2.24, 2.45) is 0 Å². The number of Topliss-reactive ketones (excluding diaryl/α,β-unsaturated/α-hetero) is 1. The van der Waals surface area contributed by atoms with Gasteiger partial charge in [-0.3, -0.25) is 9.59 Å². The number of ketones is 1. The van der Waals surface area contributed by atoms with Crippen LogP contribution in [-0.2, 0) is 6.42 Å². The summed E-state index contributed by atoms with van der Waals surface area (Å²) in [4.78, 5) is 25.4. The van der Waals surface area contributed by atoms with E-state index in [1.54, 1.807) is 6.92 Å². The van der Waals surface area contributed by atoms with E-state index >= 15 is 0 Å². The van der Waals surface area contributed by atoms with Crippen LogP contribution < -0.4 is 14.8 Å². The number of hydrogen-bond donors (Lipinski definition) is 1. The molecule has 0 unspecified atom stereocenters. The second kappa shape index (κ2) is 7.85. The number of pyridine rings is 1. The highest BCUT2D eigenvalue weighted by atomic mass is 35.5. The number of fused-ring (bicyclic) bond motifs is 1. The number of rotatable bonds is 5. The molecule has 6 nitrogen and oxygen atoms in total. The van der Waals surface area contributed by atoms with Gasteiger partial charge in [-0.25, -0.2) is 0 Å². The first-order chi connectivity index (χ1) is 13.9. The molecule has 0 saturated heterocycles. The normalized spacial score (nSPS) is 14.9. The zero-order chi connectivity index (χ0) is 20.5. The van der Waals surface area contributed by atoms with Crippen molar-refractivity contribution in [1.29, 1.82) is 0 Å². The monoisotopic (exact) mass is 428 g/mol. The van der Waals surface area contributed by atoms with E-state index in [4.69, 9.17) is 16.3 Å². The molecular formula is C21H17ClN2O4S. The van der Waals surface area contributed by atoms with Crippen LogP contribution in [0.4, 0.5) is 0 Å². The number of nitrogens with one attached hydrogen (secondary N) is 1. The van der Waals surface area contributed by atoms with Crippen molar-refractivity contribution >= 4 is 34.6 Å². The van der Waals surface area contributed by atoms with Crippen molar-refractivity contribution in [2.45, 2.75) is 19.4 Å². The lowest BCUT2D eigenvalue weighted by atomic mass is 10.1. The molecule has 1 aromatic carbocycles. The fraction of sp³-hybridized carbons (Fsp3) is 0.190. The van der Waals surface area contributed by atoms with Gasteiger partial charge in [0.25, 0.3) is 5.91 Å². The predicted molar refractivity (Wildman–Crippen MR) is 111 cm³/mol. The SMILES string of the molecule is CC(=O)c1ccc(-c2cc(Cl)c3c(c2)C[C@@H](CNC(=O)c2cc[n+]([O-])cc2)O3)s1. The number of aromatic nitrogens is 1. The van der Waals surface area contributed by atoms with Crippen molar-refractivity contribution in [3.63, 3.8) is 0 Å². The highest BCUT2D eigenvalue weighted by Crippen LogP contribution is 2.41. The number of benzene rings is 1. The molecule has 1 aliphatic heterocycles. The Bertz CT molecular complexity index is 1090. The lowest BCUT2D eigenvalue weighted by molar-refractivity contribution is -0.605. The van der Waals surface area contributed by atoms with Crippen LogP contribution in [0.1, 0.15) is 32.5 Å². The molecule has 29 heavy (non-hydrogen) atoms. The van der Waals surface area contributed by atoms with Gasteiger partial charge in [0, 0.05) is 29.0 Å². The van der Waals surface area contributed by atoms with Gasteiger partial charge in [-0.2, -0.15) is 4.73 Å². The van der Waals surface area contributed by atoms with Crippen LogP contribution in [0, 0.1) is 5.21 Å². The number of ether oxygens (including phenoxy) is 1. The van der Waals surface area contributed by atoms with Gasteiger partial charge in [-0.1, -0.05) is 11.6 Å². The molecule has 2 aromatic heterocycles. The Kier molecular flexibility index (Phi) is 5.25. The Labute approximate surface area is 176 Å². The highest BCUT2D eigenvalue weighted by molar-refractivity contribution is 7.17. The topological polar surface area (TPSA) is 82.3 Å². The van der Waals surface area contributed by atoms with Gasteiger partial charge < -0.3 is 15.3 Å². The van der Waals surface area contributed by atoms with Gasteiger partial charge in [0.1, 0.15) is 11.9 Å². The Morgan fingerprint density at radius 2 is 2.03 bits per heavy atom. The third-order valence-corrected chi connectivity index (χ3v) is 6.16. The Hall–Kier alpha value is -2.90. The molecule has 0 saturated carbocycles. The summed E-state index contributed by atoms with van der Waals surface area (Å²) >= 11 is 7.86. The smallest absolute Gasteiger partial charge is 0.251 e. The number of nitrogens with zero attached hydrogens (tertiary/aromatic N) is 1. The number of hydrogen-bond acceptors (Lipinski definition) is 5. The summed E-state index contributed by atoms with van der Waals surface area (Å²) in [5.74, 6) is 0.397. The molecule has 148 valence electrons. The summed E-state index contributed by atoms with van der Waals surface area (Å²) in [7, 11) is 0. The van der Waals surface area contributed by atoms with Gasteiger partial charge in [-0.15, -0.1) is 11.3 Å². The molecule has 1 aliphatic rings. The number of thiophene rings is 1. The first-order valence-corrected chi connectivity index (χ1v) is 10.2. The molecule has 8 heteroatoms. The predicted octanol–water partition coefficient (Wildman–Crippen LogP) is 3.64. The third-order valence-electron chi connectivity index (χ3n) is 4.64. The van der Waals surface area contributed by atoms with E-state index in [9.17, 15) is 14.8 Å². The van der Waals surface area contributed by atoms with E-state index in [-0.39, 0.29) is 17.8 Å². The van der Waals surface area contributed by atoms with Gasteiger partial charge in [0.15, 0.2) is 18.2 Å². The van der Waals surface area contributed by atoms with E-state index in [0.29, 0.717) is 38.9 Å². The third kappa shape index (κ3) is 4.11. The van der Waals surface area contributed by atoms with Crippen LogP contribution >= 0.6 is 22.9 Å². The molecule has 3 heterocycles. The quantitative estimate of drug-likeness (QED) is 0.382. The lowest BCUT2D eigenvalue weighted by Gasteiger charge is -2.12. The van der Waals surface area contributed by atoms with Crippen molar-refractivity contribution in [2.75, 3.05) is 6.54 Å². The number of carbonyl (C=O) groups is 2. The molecule has 0 radical (unpaired) electrons. The Morgan fingerprint density at radius 1 is 1.28 bits per heavy atom. The fourth-order valence-corrected chi connectivity index (χ4v) is 4.37. The summed E-state index contributed by atoms with van der Waals surface area (Å²) in [6.07, 6.45) is 2.94. The summed E-state index contributed by atoms with van der Waals surface area (Å²) < 4.78 is 6.55. The molecular weight excluding hydrogens is 412 g/mol. The van der Waals surface area contributed by atoms with Crippen LogP contribution in [0.2, 0.25) is 5.02 Å². The summed E-state index contributed by atoms with van der Waals surface area (Å²) in [5.41, 5.74) is 2.32. The average Bonchev–Trinajstić information content (AvgIpc) is 3.34. The molecule has 1 N–H and O–H groups in total. The maximum Gasteiger partial charge on any atom is 0.251 e. The molecule has 0 bridgehead atoms. The minimum absolute atomic E-state index is 0.0381. The minimum atomic E-state index is -0.271. The van der Waals surface area contributed by atoms with Gasteiger partial charge in [0.2, 0.25) is 0 Å². The van der Waals surface area contributed by atoms with Crippen molar-refractivity contribution in [1.82, 2.24) is 5.32 Å².